The highest BCUT2D eigenvalue weighted by Crippen LogP contribution is 2.15. The minimum absolute atomic E-state index is 0.0808. The summed E-state index contributed by atoms with van der Waals surface area (Å²) in [6.45, 7) is 6.31. The van der Waals surface area contributed by atoms with E-state index in [0.717, 1.165) is 12.0 Å². The minimum Gasteiger partial charge on any atom is -0.307 e. The lowest BCUT2D eigenvalue weighted by Gasteiger charge is -2.21. The summed E-state index contributed by atoms with van der Waals surface area (Å²) in [5.74, 6) is -0.289. The van der Waals surface area contributed by atoms with E-state index in [4.69, 9.17) is 0 Å². The number of halogens is 1. The number of pyridine rings is 1. The minimum atomic E-state index is -0.289. The molecule has 0 spiro atoms. The molecule has 2 unspecified atom stereocenters. The van der Waals surface area contributed by atoms with Gasteiger partial charge in [-0.15, -0.1) is 0 Å². The van der Waals surface area contributed by atoms with Crippen molar-refractivity contribution in [3.05, 3.63) is 65.2 Å². The molecule has 20 heavy (non-hydrogen) atoms. The predicted molar refractivity (Wildman–Crippen MR) is 80.1 cm³/mol. The molecule has 1 heterocycles. The van der Waals surface area contributed by atoms with Gasteiger partial charge in [-0.25, -0.2) is 4.39 Å². The molecule has 3 heteroatoms. The number of benzene rings is 1. The van der Waals surface area contributed by atoms with Crippen molar-refractivity contribution in [3.8, 4) is 0 Å². The average molecular weight is 272 g/mol. The quantitative estimate of drug-likeness (QED) is 0.895. The summed E-state index contributed by atoms with van der Waals surface area (Å²) >= 11 is 0. The Morgan fingerprint density at radius 3 is 2.65 bits per heavy atom. The summed E-state index contributed by atoms with van der Waals surface area (Å²) in [4.78, 5) is 3.90. The van der Waals surface area contributed by atoms with Crippen molar-refractivity contribution in [2.75, 3.05) is 0 Å². The van der Waals surface area contributed by atoms with Crippen LogP contribution in [-0.4, -0.2) is 11.0 Å². The summed E-state index contributed by atoms with van der Waals surface area (Å²) in [7, 11) is 0. The van der Waals surface area contributed by atoms with Gasteiger partial charge in [0.2, 0.25) is 0 Å². The second-order valence-electron chi connectivity index (χ2n) is 5.36. The second kappa shape index (κ2) is 6.62. The van der Waals surface area contributed by atoms with Crippen LogP contribution in [0.2, 0.25) is 0 Å². The molecule has 2 aromatic rings. The number of nitrogens with zero attached hydrogens (tertiary/aromatic N) is 1. The average Bonchev–Trinajstić information content (AvgIpc) is 2.41. The van der Waals surface area contributed by atoms with E-state index in [1.54, 1.807) is 6.20 Å². The fourth-order valence-electron chi connectivity index (χ4n) is 2.42. The third-order valence-electron chi connectivity index (χ3n) is 3.55. The largest absolute Gasteiger partial charge is 0.307 e. The van der Waals surface area contributed by atoms with Crippen molar-refractivity contribution in [2.24, 2.45) is 0 Å². The van der Waals surface area contributed by atoms with Crippen LogP contribution in [0, 0.1) is 12.7 Å². The van der Waals surface area contributed by atoms with Gasteiger partial charge in [-0.05, 0) is 49.9 Å². The maximum Gasteiger partial charge on any atom is 0.141 e. The first-order valence-electron chi connectivity index (χ1n) is 6.97. The van der Waals surface area contributed by atoms with Crippen molar-refractivity contribution < 1.29 is 4.39 Å². The van der Waals surface area contributed by atoms with Gasteiger partial charge in [0.25, 0.3) is 0 Å². The monoisotopic (exact) mass is 272 g/mol. The van der Waals surface area contributed by atoms with E-state index in [1.807, 2.05) is 6.92 Å². The first-order chi connectivity index (χ1) is 9.56. The van der Waals surface area contributed by atoms with Crippen LogP contribution in [-0.2, 0) is 6.42 Å². The lowest BCUT2D eigenvalue weighted by molar-refractivity contribution is 0.473. The molecule has 0 bridgehead atoms. The highest BCUT2D eigenvalue weighted by molar-refractivity contribution is 5.26. The Morgan fingerprint density at radius 2 is 1.95 bits per heavy atom. The Balaban J connectivity index is 1.98. The van der Waals surface area contributed by atoms with E-state index in [-0.39, 0.29) is 11.9 Å². The highest BCUT2D eigenvalue weighted by atomic mass is 19.1. The Labute approximate surface area is 120 Å². The molecule has 0 saturated carbocycles. The van der Waals surface area contributed by atoms with Crippen LogP contribution in [0.3, 0.4) is 0 Å². The molecule has 2 atom stereocenters. The van der Waals surface area contributed by atoms with Gasteiger partial charge >= 0.3 is 0 Å². The van der Waals surface area contributed by atoms with Crippen LogP contribution in [0.15, 0.2) is 42.7 Å². The van der Waals surface area contributed by atoms with Gasteiger partial charge in [-0.3, -0.25) is 4.98 Å². The predicted octanol–water partition coefficient (Wildman–Crippen LogP) is 3.81. The number of nitrogens with one attached hydrogen (secondary N) is 1. The third-order valence-corrected chi connectivity index (χ3v) is 3.55. The number of rotatable bonds is 5. The van der Waals surface area contributed by atoms with Crippen LogP contribution in [0.1, 0.15) is 36.6 Å². The van der Waals surface area contributed by atoms with Crippen LogP contribution in [0.4, 0.5) is 4.39 Å². The van der Waals surface area contributed by atoms with Crippen molar-refractivity contribution in [1.82, 2.24) is 10.3 Å². The lowest BCUT2D eigenvalue weighted by atomic mass is 10.0. The Morgan fingerprint density at radius 1 is 1.20 bits per heavy atom. The normalized spacial score (nSPS) is 14.0. The van der Waals surface area contributed by atoms with E-state index in [0.29, 0.717) is 6.04 Å². The van der Waals surface area contributed by atoms with Gasteiger partial charge in [0.1, 0.15) is 5.82 Å². The number of hydrogen-bond acceptors (Lipinski definition) is 2. The zero-order chi connectivity index (χ0) is 14.5. The van der Waals surface area contributed by atoms with E-state index in [1.165, 1.54) is 23.4 Å². The van der Waals surface area contributed by atoms with Gasteiger partial charge < -0.3 is 5.32 Å². The third kappa shape index (κ3) is 3.87. The fourth-order valence-corrected chi connectivity index (χ4v) is 2.42. The summed E-state index contributed by atoms with van der Waals surface area (Å²) in [6.07, 6.45) is 3.90. The standard InChI is InChI=1S/C17H21FN2/c1-12-6-4-5-7-15(12)8-13(2)20-14(3)16-9-17(18)11-19-10-16/h4-7,9-11,13-14,20H,8H2,1-3H3. The van der Waals surface area contributed by atoms with E-state index in [9.17, 15) is 4.39 Å². The molecule has 1 aromatic heterocycles. The van der Waals surface area contributed by atoms with Gasteiger partial charge in [-0.2, -0.15) is 0 Å². The molecule has 0 aliphatic rings. The second-order valence-corrected chi connectivity index (χ2v) is 5.36. The van der Waals surface area contributed by atoms with Gasteiger partial charge in [-0.1, -0.05) is 24.3 Å². The molecule has 0 saturated heterocycles. The molecular formula is C17H21FN2. The lowest BCUT2D eigenvalue weighted by Crippen LogP contribution is -2.31. The van der Waals surface area contributed by atoms with Gasteiger partial charge in [0.15, 0.2) is 0 Å². The molecule has 0 amide bonds. The van der Waals surface area contributed by atoms with E-state index in [2.05, 4.69) is 48.4 Å². The number of aryl methyl sites for hydroxylation is 1. The van der Waals surface area contributed by atoms with Crippen molar-refractivity contribution in [1.29, 1.82) is 0 Å². The molecular weight excluding hydrogens is 251 g/mol. The molecule has 2 rings (SSSR count). The zero-order valence-electron chi connectivity index (χ0n) is 12.2. The van der Waals surface area contributed by atoms with Gasteiger partial charge in [0, 0.05) is 18.3 Å². The van der Waals surface area contributed by atoms with Crippen molar-refractivity contribution >= 4 is 0 Å². The smallest absolute Gasteiger partial charge is 0.141 e. The summed E-state index contributed by atoms with van der Waals surface area (Å²) in [6, 6.07) is 10.3. The summed E-state index contributed by atoms with van der Waals surface area (Å²) in [5, 5.41) is 3.49. The molecule has 106 valence electrons. The van der Waals surface area contributed by atoms with E-state index >= 15 is 0 Å². The Bertz CT molecular complexity index is 568. The summed E-state index contributed by atoms with van der Waals surface area (Å²) < 4.78 is 13.2. The maximum absolute atomic E-state index is 13.2. The molecule has 0 aliphatic carbocycles. The van der Waals surface area contributed by atoms with Crippen LogP contribution < -0.4 is 5.32 Å². The first kappa shape index (κ1) is 14.7. The molecule has 2 nitrogen and oxygen atoms in total. The Hall–Kier alpha value is -1.74. The van der Waals surface area contributed by atoms with Crippen molar-refractivity contribution in [2.45, 2.75) is 39.3 Å². The van der Waals surface area contributed by atoms with Gasteiger partial charge in [0.05, 0.1) is 6.20 Å². The van der Waals surface area contributed by atoms with Crippen LogP contribution >= 0.6 is 0 Å². The SMILES string of the molecule is Cc1ccccc1CC(C)NC(C)c1cncc(F)c1. The zero-order valence-corrected chi connectivity index (χ0v) is 12.2. The Kier molecular flexibility index (Phi) is 4.85. The fraction of sp³-hybridized carbons (Fsp3) is 0.353. The maximum atomic E-state index is 13.2. The number of aromatic nitrogens is 1. The van der Waals surface area contributed by atoms with Crippen LogP contribution in [0.25, 0.3) is 0 Å². The summed E-state index contributed by atoms with van der Waals surface area (Å²) in [5.41, 5.74) is 3.53. The molecule has 0 fully saturated rings. The topological polar surface area (TPSA) is 24.9 Å². The van der Waals surface area contributed by atoms with E-state index < -0.39 is 0 Å². The van der Waals surface area contributed by atoms with Crippen LogP contribution in [0.5, 0.6) is 0 Å². The first-order valence-corrected chi connectivity index (χ1v) is 6.97. The van der Waals surface area contributed by atoms with Crippen molar-refractivity contribution in [3.63, 3.8) is 0 Å². The number of hydrogen-bond donors (Lipinski definition) is 1. The molecule has 0 radical (unpaired) electrons. The molecule has 1 N–H and O–H groups in total. The molecule has 0 aliphatic heterocycles. The molecule has 1 aromatic carbocycles. The highest BCUT2D eigenvalue weighted by Gasteiger charge is 2.11.